The van der Waals surface area contributed by atoms with Crippen LogP contribution in [0.25, 0.3) is 10.8 Å². The number of anilines is 1. The Bertz CT molecular complexity index is 613. The number of nitrogens with zero attached hydrogens (tertiary/aromatic N) is 1. The minimum Gasteiger partial charge on any atom is -0.478 e. The van der Waals surface area contributed by atoms with Crippen LogP contribution in [0.4, 0.5) is 5.82 Å². The van der Waals surface area contributed by atoms with Crippen molar-refractivity contribution in [1.82, 2.24) is 4.98 Å². The maximum atomic E-state index is 11.2. The van der Waals surface area contributed by atoms with Gasteiger partial charge in [0.25, 0.3) is 0 Å². The zero-order chi connectivity index (χ0) is 15.1. The number of pyridine rings is 1. The van der Waals surface area contributed by atoms with Crippen LogP contribution in [0.1, 0.15) is 36.0 Å². The minimum absolute atomic E-state index is 0.221. The number of rotatable bonds is 8. The van der Waals surface area contributed by atoms with Gasteiger partial charge in [-0.2, -0.15) is 0 Å². The number of carboxylic acid groups (broad SMARTS) is 1. The van der Waals surface area contributed by atoms with E-state index in [9.17, 15) is 9.90 Å². The first-order valence-corrected chi connectivity index (χ1v) is 7.20. The molecule has 0 saturated heterocycles. The molecule has 0 aliphatic carbocycles. The second-order valence-electron chi connectivity index (χ2n) is 4.94. The third-order valence-corrected chi connectivity index (χ3v) is 3.40. The van der Waals surface area contributed by atoms with Crippen molar-refractivity contribution in [3.05, 3.63) is 36.0 Å². The van der Waals surface area contributed by atoms with Crippen LogP contribution < -0.4 is 5.32 Å². The molecule has 3 N–H and O–H groups in total. The van der Waals surface area contributed by atoms with Crippen molar-refractivity contribution in [2.45, 2.75) is 25.7 Å². The van der Waals surface area contributed by atoms with E-state index in [4.69, 9.17) is 5.11 Å². The van der Waals surface area contributed by atoms with Crippen molar-refractivity contribution in [2.24, 2.45) is 0 Å². The molecule has 112 valence electrons. The van der Waals surface area contributed by atoms with Gasteiger partial charge < -0.3 is 15.5 Å². The van der Waals surface area contributed by atoms with Crippen LogP contribution >= 0.6 is 0 Å². The zero-order valence-electron chi connectivity index (χ0n) is 11.9. The van der Waals surface area contributed by atoms with Crippen LogP contribution in [0.5, 0.6) is 0 Å². The molecule has 0 saturated carbocycles. The highest BCUT2D eigenvalue weighted by Gasteiger charge is 2.11. The van der Waals surface area contributed by atoms with Crippen molar-refractivity contribution < 1.29 is 15.0 Å². The number of carboxylic acids is 1. The van der Waals surface area contributed by atoms with Gasteiger partial charge in [-0.15, -0.1) is 0 Å². The lowest BCUT2D eigenvalue weighted by Crippen LogP contribution is -2.06. The van der Waals surface area contributed by atoms with Crippen LogP contribution in [0, 0.1) is 0 Å². The van der Waals surface area contributed by atoms with E-state index in [0.29, 0.717) is 5.39 Å². The van der Waals surface area contributed by atoms with Gasteiger partial charge in [0.2, 0.25) is 0 Å². The summed E-state index contributed by atoms with van der Waals surface area (Å²) in [5.41, 5.74) is 0.221. The number of benzene rings is 1. The highest BCUT2D eigenvalue weighted by molar-refractivity contribution is 6.06. The van der Waals surface area contributed by atoms with Gasteiger partial charge in [-0.25, -0.2) is 9.78 Å². The Hall–Kier alpha value is -2.14. The number of nitrogens with one attached hydrogen (secondary N) is 1. The summed E-state index contributed by atoms with van der Waals surface area (Å²) in [4.78, 5) is 15.4. The highest BCUT2D eigenvalue weighted by atomic mass is 16.4. The zero-order valence-corrected chi connectivity index (χ0v) is 11.9. The molecule has 0 radical (unpaired) electrons. The number of fused-ring (bicyclic) bond motifs is 1. The standard InChI is InChI=1S/C16H20N2O3/c19-10-6-2-1-5-9-17-15-13-8-4-3-7-12(13)14(11-18-15)16(20)21/h3-4,7-8,11,19H,1-2,5-6,9-10H2,(H,17,18)(H,20,21). The van der Waals surface area contributed by atoms with Crippen LogP contribution in [0.15, 0.2) is 30.5 Å². The maximum Gasteiger partial charge on any atom is 0.337 e. The lowest BCUT2D eigenvalue weighted by atomic mass is 10.1. The first-order valence-electron chi connectivity index (χ1n) is 7.20. The van der Waals surface area contributed by atoms with E-state index in [1.165, 1.54) is 6.20 Å². The molecule has 1 aromatic carbocycles. The Morgan fingerprint density at radius 3 is 2.52 bits per heavy atom. The molecule has 2 aromatic rings. The number of hydrogen-bond acceptors (Lipinski definition) is 4. The van der Waals surface area contributed by atoms with Gasteiger partial charge >= 0.3 is 5.97 Å². The van der Waals surface area contributed by atoms with Crippen molar-refractivity contribution in [3.63, 3.8) is 0 Å². The Morgan fingerprint density at radius 1 is 1.10 bits per heavy atom. The summed E-state index contributed by atoms with van der Waals surface area (Å²) in [7, 11) is 0. The summed E-state index contributed by atoms with van der Waals surface area (Å²) in [5, 5.41) is 22.7. The van der Waals surface area contributed by atoms with Gasteiger partial charge in [-0.05, 0) is 12.8 Å². The fourth-order valence-electron chi connectivity index (χ4n) is 2.30. The maximum absolute atomic E-state index is 11.2. The van der Waals surface area contributed by atoms with Crippen molar-refractivity contribution in [3.8, 4) is 0 Å². The first-order chi connectivity index (χ1) is 10.2. The lowest BCUT2D eigenvalue weighted by molar-refractivity contribution is 0.0698. The molecular formula is C16H20N2O3. The smallest absolute Gasteiger partial charge is 0.337 e. The van der Waals surface area contributed by atoms with Crippen LogP contribution in [-0.4, -0.2) is 34.3 Å². The summed E-state index contributed by atoms with van der Waals surface area (Å²) < 4.78 is 0. The van der Waals surface area contributed by atoms with Crippen LogP contribution in [0.3, 0.4) is 0 Å². The van der Waals surface area contributed by atoms with Gasteiger partial charge in [0.1, 0.15) is 5.82 Å². The van der Waals surface area contributed by atoms with E-state index in [1.54, 1.807) is 6.07 Å². The summed E-state index contributed by atoms with van der Waals surface area (Å²) in [6.07, 6.45) is 5.31. The lowest BCUT2D eigenvalue weighted by Gasteiger charge is -2.10. The molecule has 0 spiro atoms. The summed E-state index contributed by atoms with van der Waals surface area (Å²) >= 11 is 0. The third-order valence-electron chi connectivity index (χ3n) is 3.40. The highest BCUT2D eigenvalue weighted by Crippen LogP contribution is 2.24. The van der Waals surface area contributed by atoms with E-state index < -0.39 is 5.97 Å². The molecule has 2 rings (SSSR count). The number of aromatic carboxylic acids is 1. The Morgan fingerprint density at radius 2 is 1.81 bits per heavy atom. The predicted octanol–water partition coefficient (Wildman–Crippen LogP) is 2.90. The monoisotopic (exact) mass is 288 g/mol. The topological polar surface area (TPSA) is 82.5 Å². The van der Waals surface area contributed by atoms with Gasteiger partial charge in [0, 0.05) is 30.1 Å². The molecule has 0 amide bonds. The second-order valence-corrected chi connectivity index (χ2v) is 4.94. The summed E-state index contributed by atoms with van der Waals surface area (Å²) in [6.45, 7) is 1.03. The van der Waals surface area contributed by atoms with Gasteiger partial charge in [-0.1, -0.05) is 37.1 Å². The molecule has 5 heteroatoms. The van der Waals surface area contributed by atoms with E-state index in [1.807, 2.05) is 18.2 Å². The number of aliphatic hydroxyl groups is 1. The fraction of sp³-hybridized carbons (Fsp3) is 0.375. The largest absolute Gasteiger partial charge is 0.478 e. The Balaban J connectivity index is 2.07. The average Bonchev–Trinajstić information content (AvgIpc) is 2.50. The van der Waals surface area contributed by atoms with Crippen molar-refractivity contribution in [2.75, 3.05) is 18.5 Å². The number of unbranched alkanes of at least 4 members (excludes halogenated alkanes) is 3. The molecule has 0 aliphatic rings. The quantitative estimate of drug-likeness (QED) is 0.651. The normalized spacial score (nSPS) is 10.7. The van der Waals surface area contributed by atoms with E-state index in [0.717, 1.165) is 43.4 Å². The number of carbonyl (C=O) groups is 1. The Kier molecular flexibility index (Phi) is 5.51. The fourth-order valence-corrected chi connectivity index (χ4v) is 2.30. The molecule has 1 heterocycles. The predicted molar refractivity (Wildman–Crippen MR) is 82.7 cm³/mol. The molecule has 1 aromatic heterocycles. The molecule has 0 atom stereocenters. The third kappa shape index (κ3) is 3.92. The molecule has 21 heavy (non-hydrogen) atoms. The van der Waals surface area contributed by atoms with Gasteiger partial charge in [-0.3, -0.25) is 0 Å². The van der Waals surface area contributed by atoms with E-state index in [-0.39, 0.29) is 12.2 Å². The Labute approximate surface area is 123 Å². The first kappa shape index (κ1) is 15.3. The molecule has 0 unspecified atom stereocenters. The van der Waals surface area contributed by atoms with Gasteiger partial charge in [0.05, 0.1) is 5.56 Å². The minimum atomic E-state index is -0.964. The molecule has 0 bridgehead atoms. The molecule has 5 nitrogen and oxygen atoms in total. The molecular weight excluding hydrogens is 268 g/mol. The SMILES string of the molecule is O=C(O)c1cnc(NCCCCCCO)c2ccccc12. The van der Waals surface area contributed by atoms with Crippen LogP contribution in [0.2, 0.25) is 0 Å². The summed E-state index contributed by atoms with van der Waals surface area (Å²) in [5.74, 6) is -0.244. The number of aromatic nitrogens is 1. The van der Waals surface area contributed by atoms with Crippen LogP contribution in [-0.2, 0) is 0 Å². The number of hydrogen-bond donors (Lipinski definition) is 3. The van der Waals surface area contributed by atoms with E-state index in [2.05, 4.69) is 10.3 Å². The van der Waals surface area contributed by atoms with Crippen molar-refractivity contribution >= 4 is 22.6 Å². The number of aliphatic hydroxyl groups excluding tert-OH is 1. The van der Waals surface area contributed by atoms with Gasteiger partial charge in [0.15, 0.2) is 0 Å². The average molecular weight is 288 g/mol. The molecule has 0 fully saturated rings. The van der Waals surface area contributed by atoms with E-state index >= 15 is 0 Å². The summed E-state index contributed by atoms with van der Waals surface area (Å²) in [6, 6.07) is 7.38. The second kappa shape index (κ2) is 7.59. The van der Waals surface area contributed by atoms with Crippen molar-refractivity contribution in [1.29, 1.82) is 0 Å². The molecule has 0 aliphatic heterocycles.